The zero-order valence-electron chi connectivity index (χ0n) is 14.1. The summed E-state index contributed by atoms with van der Waals surface area (Å²) in [4.78, 5) is 6.42. The van der Waals surface area contributed by atoms with Crippen LogP contribution in [0.3, 0.4) is 0 Å². The fourth-order valence-electron chi connectivity index (χ4n) is 2.68. The van der Waals surface area contributed by atoms with Crippen molar-refractivity contribution in [1.29, 1.82) is 0 Å². The van der Waals surface area contributed by atoms with Gasteiger partial charge in [-0.15, -0.1) is 0 Å². The molecule has 1 aliphatic heterocycles. The lowest BCUT2D eigenvalue weighted by Gasteiger charge is -2.34. The molecule has 1 aliphatic rings. The first-order chi connectivity index (χ1) is 10.8. The van der Waals surface area contributed by atoms with Gasteiger partial charge in [-0.1, -0.05) is 19.0 Å². The molecular weight excluding hydrogens is 322 g/mol. The summed E-state index contributed by atoms with van der Waals surface area (Å²) in [6.45, 7) is 5.72. The first-order valence-electron chi connectivity index (χ1n) is 7.76. The summed E-state index contributed by atoms with van der Waals surface area (Å²) in [7, 11) is -1.96. The predicted octanol–water partition coefficient (Wildman–Crippen LogP) is 1.40. The molecular formula is C14H25N3O5S. The third kappa shape index (κ3) is 5.15. The van der Waals surface area contributed by atoms with E-state index in [0.717, 1.165) is 32.2 Å². The second-order valence-electron chi connectivity index (χ2n) is 6.21. The molecule has 0 radical (unpaired) electrons. The van der Waals surface area contributed by atoms with Crippen LogP contribution in [0.4, 0.5) is 6.01 Å². The number of rotatable bonds is 7. The number of hydrogen-bond donors (Lipinski definition) is 0. The molecule has 0 aliphatic carbocycles. The fraction of sp³-hybridized carbons (Fsp3) is 0.857. The Hall–Kier alpha value is -1.19. The standard InChI is InChI=1S/C14H25N3O5S/c1-10(2)13-15-14(21-16-13)17-7-5-11(6-8-17)12(9-20-3)22-23(4,18)19/h10-12H,5-9H2,1-4H3. The monoisotopic (exact) mass is 347 g/mol. The number of nitrogens with zero attached hydrogens (tertiary/aromatic N) is 3. The van der Waals surface area contributed by atoms with Crippen molar-refractivity contribution >= 4 is 16.1 Å². The molecule has 1 atom stereocenters. The van der Waals surface area contributed by atoms with E-state index in [1.165, 1.54) is 0 Å². The zero-order valence-corrected chi connectivity index (χ0v) is 14.9. The Morgan fingerprint density at radius 1 is 1.35 bits per heavy atom. The normalized spacial score (nSPS) is 18.6. The fourth-order valence-corrected chi connectivity index (χ4v) is 3.34. The maximum Gasteiger partial charge on any atom is 0.324 e. The summed E-state index contributed by atoms with van der Waals surface area (Å²) >= 11 is 0. The molecule has 1 aromatic rings. The van der Waals surface area contributed by atoms with Crippen LogP contribution in [0.5, 0.6) is 0 Å². The Morgan fingerprint density at radius 2 is 2.00 bits per heavy atom. The molecule has 0 amide bonds. The molecule has 1 fully saturated rings. The number of hydrogen-bond acceptors (Lipinski definition) is 8. The van der Waals surface area contributed by atoms with Crippen LogP contribution in [0.2, 0.25) is 0 Å². The second kappa shape index (κ2) is 7.59. The van der Waals surface area contributed by atoms with Gasteiger partial charge < -0.3 is 14.2 Å². The minimum absolute atomic E-state index is 0.119. The molecule has 0 bridgehead atoms. The van der Waals surface area contributed by atoms with Gasteiger partial charge in [-0.25, -0.2) is 0 Å². The molecule has 2 rings (SSSR count). The van der Waals surface area contributed by atoms with Crippen LogP contribution in [0.15, 0.2) is 4.52 Å². The highest BCUT2D eigenvalue weighted by atomic mass is 32.2. The van der Waals surface area contributed by atoms with Crippen molar-refractivity contribution in [2.75, 3.05) is 38.0 Å². The third-order valence-electron chi connectivity index (χ3n) is 3.91. The minimum atomic E-state index is -3.50. The van der Waals surface area contributed by atoms with Crippen LogP contribution in [0, 0.1) is 5.92 Å². The van der Waals surface area contributed by atoms with Gasteiger partial charge in [0.2, 0.25) is 0 Å². The maximum absolute atomic E-state index is 11.4. The van der Waals surface area contributed by atoms with Crippen LogP contribution in [0.25, 0.3) is 0 Å². The van der Waals surface area contributed by atoms with Gasteiger partial charge in [0.15, 0.2) is 5.82 Å². The SMILES string of the molecule is COCC(OS(C)(=O)=O)C1CCN(c2nc(C(C)C)no2)CC1. The van der Waals surface area contributed by atoms with E-state index in [4.69, 9.17) is 13.4 Å². The quantitative estimate of drug-likeness (QED) is 0.683. The Morgan fingerprint density at radius 3 is 2.48 bits per heavy atom. The molecule has 132 valence electrons. The van der Waals surface area contributed by atoms with Gasteiger partial charge in [0.25, 0.3) is 10.1 Å². The Kier molecular flexibility index (Phi) is 5.99. The van der Waals surface area contributed by atoms with E-state index < -0.39 is 16.2 Å². The summed E-state index contributed by atoms with van der Waals surface area (Å²) in [6, 6.07) is 0.527. The van der Waals surface area contributed by atoms with E-state index in [2.05, 4.69) is 10.1 Å². The van der Waals surface area contributed by atoms with Crippen molar-refractivity contribution in [2.45, 2.75) is 38.7 Å². The van der Waals surface area contributed by atoms with Gasteiger partial charge >= 0.3 is 6.01 Å². The van der Waals surface area contributed by atoms with Crippen LogP contribution in [0.1, 0.15) is 38.4 Å². The van der Waals surface area contributed by atoms with Gasteiger partial charge in [-0.05, 0) is 18.8 Å². The zero-order chi connectivity index (χ0) is 17.0. The van der Waals surface area contributed by atoms with Crippen molar-refractivity contribution in [2.24, 2.45) is 5.92 Å². The van der Waals surface area contributed by atoms with Crippen molar-refractivity contribution in [3.63, 3.8) is 0 Å². The van der Waals surface area contributed by atoms with Gasteiger partial charge in [-0.3, -0.25) is 4.18 Å². The molecule has 9 heteroatoms. The molecule has 8 nitrogen and oxygen atoms in total. The molecule has 0 N–H and O–H groups in total. The molecule has 1 saturated heterocycles. The van der Waals surface area contributed by atoms with Gasteiger partial charge in [0.1, 0.15) is 6.10 Å². The Bertz CT molecular complexity index is 593. The molecule has 0 aromatic carbocycles. The average molecular weight is 347 g/mol. The Balaban J connectivity index is 1.95. The molecule has 23 heavy (non-hydrogen) atoms. The first-order valence-corrected chi connectivity index (χ1v) is 9.57. The van der Waals surface area contributed by atoms with Crippen LogP contribution < -0.4 is 4.90 Å². The maximum atomic E-state index is 11.4. The lowest BCUT2D eigenvalue weighted by atomic mass is 9.92. The van der Waals surface area contributed by atoms with E-state index in [1.54, 1.807) is 7.11 Å². The van der Waals surface area contributed by atoms with E-state index in [9.17, 15) is 8.42 Å². The summed E-state index contributed by atoms with van der Waals surface area (Å²) in [5, 5.41) is 3.97. The summed E-state index contributed by atoms with van der Waals surface area (Å²) in [6.07, 6.45) is 2.17. The average Bonchev–Trinajstić information content (AvgIpc) is 2.96. The molecule has 1 aromatic heterocycles. The lowest BCUT2D eigenvalue weighted by molar-refractivity contribution is 0.0393. The lowest BCUT2D eigenvalue weighted by Crippen LogP contribution is -2.41. The topological polar surface area (TPSA) is 94.8 Å². The van der Waals surface area contributed by atoms with Crippen molar-refractivity contribution < 1.29 is 21.9 Å². The third-order valence-corrected chi connectivity index (χ3v) is 4.51. The van der Waals surface area contributed by atoms with Crippen LogP contribution in [-0.4, -0.2) is 57.7 Å². The smallest absolute Gasteiger partial charge is 0.324 e. The number of aromatic nitrogens is 2. The van der Waals surface area contributed by atoms with E-state index >= 15 is 0 Å². The molecule has 0 spiro atoms. The van der Waals surface area contributed by atoms with E-state index in [-0.39, 0.29) is 18.4 Å². The van der Waals surface area contributed by atoms with Gasteiger partial charge in [-0.2, -0.15) is 13.4 Å². The van der Waals surface area contributed by atoms with Gasteiger partial charge in [0.05, 0.1) is 12.9 Å². The highest BCUT2D eigenvalue weighted by molar-refractivity contribution is 7.86. The number of methoxy groups -OCH3 is 1. The second-order valence-corrected chi connectivity index (χ2v) is 7.81. The molecule has 0 saturated carbocycles. The molecule has 1 unspecified atom stereocenters. The Labute approximate surface area is 137 Å². The van der Waals surface area contributed by atoms with E-state index in [1.807, 2.05) is 18.7 Å². The predicted molar refractivity (Wildman–Crippen MR) is 84.9 cm³/mol. The first kappa shape index (κ1) is 18.2. The summed E-state index contributed by atoms with van der Waals surface area (Å²) in [5.74, 6) is 1.03. The number of piperidine rings is 1. The number of anilines is 1. The van der Waals surface area contributed by atoms with E-state index in [0.29, 0.717) is 11.8 Å². The largest absolute Gasteiger partial charge is 0.382 e. The van der Waals surface area contributed by atoms with Crippen molar-refractivity contribution in [3.8, 4) is 0 Å². The van der Waals surface area contributed by atoms with Crippen LogP contribution >= 0.6 is 0 Å². The van der Waals surface area contributed by atoms with Crippen LogP contribution in [-0.2, 0) is 19.0 Å². The number of ether oxygens (including phenoxy) is 1. The van der Waals surface area contributed by atoms with Crippen molar-refractivity contribution in [3.05, 3.63) is 5.82 Å². The van der Waals surface area contributed by atoms with Gasteiger partial charge in [0, 0.05) is 26.1 Å². The highest BCUT2D eigenvalue weighted by Crippen LogP contribution is 2.27. The highest BCUT2D eigenvalue weighted by Gasteiger charge is 2.31. The summed E-state index contributed by atoms with van der Waals surface area (Å²) < 4.78 is 38.4. The van der Waals surface area contributed by atoms with Crippen molar-refractivity contribution in [1.82, 2.24) is 10.1 Å². The summed E-state index contributed by atoms with van der Waals surface area (Å²) in [5.41, 5.74) is 0. The molecule has 2 heterocycles. The minimum Gasteiger partial charge on any atom is -0.382 e.